The van der Waals surface area contributed by atoms with E-state index in [1.807, 2.05) is 60.7 Å². The van der Waals surface area contributed by atoms with E-state index in [0.29, 0.717) is 11.7 Å². The Morgan fingerprint density at radius 2 is 1.76 bits per heavy atom. The van der Waals surface area contributed by atoms with Crippen LogP contribution >= 0.6 is 11.8 Å². The number of para-hydroxylation sites is 1. The van der Waals surface area contributed by atoms with Crippen LogP contribution in [0, 0.1) is 0 Å². The van der Waals surface area contributed by atoms with Gasteiger partial charge in [0.15, 0.2) is 5.16 Å². The summed E-state index contributed by atoms with van der Waals surface area (Å²) in [6.45, 7) is 0.516. The number of hydrogen-bond acceptors (Lipinski definition) is 4. The predicted molar refractivity (Wildman–Crippen MR) is 98.8 cm³/mol. The second kappa shape index (κ2) is 8.34. The molecule has 3 aromatic rings. The van der Waals surface area contributed by atoms with Crippen molar-refractivity contribution < 1.29 is 4.79 Å². The van der Waals surface area contributed by atoms with Gasteiger partial charge in [-0.05, 0) is 24.1 Å². The Morgan fingerprint density at radius 3 is 2.48 bits per heavy atom. The zero-order valence-corrected chi connectivity index (χ0v) is 14.3. The molecule has 0 saturated heterocycles. The van der Waals surface area contributed by atoms with Gasteiger partial charge in [-0.25, -0.2) is 9.89 Å². The zero-order chi connectivity index (χ0) is 17.5. The molecule has 2 aromatic carbocycles. The third kappa shape index (κ3) is 4.84. The normalized spacial score (nSPS) is 10.6. The molecule has 0 aliphatic carbocycles. The number of aryl methyl sites for hydroxylation is 1. The fraction of sp³-hybridized carbons (Fsp3) is 0.167. The van der Waals surface area contributed by atoms with Crippen molar-refractivity contribution in [2.45, 2.75) is 18.1 Å². The number of aromatic amines is 1. The summed E-state index contributed by atoms with van der Waals surface area (Å²) in [5.41, 5.74) is 1.63. The molecule has 3 rings (SSSR count). The van der Waals surface area contributed by atoms with Gasteiger partial charge in [0.05, 0.1) is 5.75 Å². The maximum absolute atomic E-state index is 12.0. The molecule has 128 valence electrons. The molecule has 0 spiro atoms. The lowest BCUT2D eigenvalue weighted by Crippen LogP contribution is -2.20. The number of carbonyl (C=O) groups excluding carboxylic acids is 1. The van der Waals surface area contributed by atoms with E-state index in [0.717, 1.165) is 17.7 Å². The van der Waals surface area contributed by atoms with Crippen molar-refractivity contribution >= 4 is 23.4 Å². The molecule has 1 amide bonds. The molecule has 2 N–H and O–H groups in total. The maximum Gasteiger partial charge on any atom is 0.343 e. The third-order valence-corrected chi connectivity index (χ3v) is 4.56. The number of anilines is 1. The standard InChI is InChI=1S/C18H18N4O2S/c23-16(19-15-9-5-2-6-10-15)13-25-18-21-20-17(24)22(18)12-11-14-7-3-1-4-8-14/h1-10H,11-13H2,(H,19,23)(H,20,24). The van der Waals surface area contributed by atoms with Gasteiger partial charge in [-0.1, -0.05) is 60.3 Å². The molecular weight excluding hydrogens is 336 g/mol. The van der Waals surface area contributed by atoms with Gasteiger partial charge in [-0.2, -0.15) is 0 Å². The van der Waals surface area contributed by atoms with Crippen LogP contribution < -0.4 is 11.0 Å². The summed E-state index contributed by atoms with van der Waals surface area (Å²) in [6, 6.07) is 19.2. The molecule has 0 fully saturated rings. The van der Waals surface area contributed by atoms with E-state index in [2.05, 4.69) is 15.5 Å². The summed E-state index contributed by atoms with van der Waals surface area (Å²) >= 11 is 1.24. The van der Waals surface area contributed by atoms with Crippen molar-refractivity contribution in [3.8, 4) is 0 Å². The molecule has 7 heteroatoms. The van der Waals surface area contributed by atoms with E-state index < -0.39 is 0 Å². The Kier molecular flexibility index (Phi) is 5.69. The Hall–Kier alpha value is -2.80. The Bertz CT molecular complexity index is 875. The van der Waals surface area contributed by atoms with E-state index in [1.54, 1.807) is 4.57 Å². The molecule has 1 heterocycles. The molecular formula is C18H18N4O2S. The van der Waals surface area contributed by atoms with E-state index in [-0.39, 0.29) is 17.3 Å². The van der Waals surface area contributed by atoms with Gasteiger partial charge in [-0.3, -0.25) is 9.36 Å². The molecule has 25 heavy (non-hydrogen) atoms. The van der Waals surface area contributed by atoms with Crippen LogP contribution in [-0.2, 0) is 17.8 Å². The lowest BCUT2D eigenvalue weighted by molar-refractivity contribution is -0.113. The van der Waals surface area contributed by atoms with Gasteiger partial charge in [0, 0.05) is 12.2 Å². The summed E-state index contributed by atoms with van der Waals surface area (Å²) in [5, 5.41) is 9.80. The second-order valence-electron chi connectivity index (χ2n) is 5.40. The number of benzene rings is 2. The van der Waals surface area contributed by atoms with Gasteiger partial charge >= 0.3 is 5.69 Å². The fourth-order valence-electron chi connectivity index (χ4n) is 2.34. The highest BCUT2D eigenvalue weighted by molar-refractivity contribution is 7.99. The first kappa shape index (κ1) is 17.0. The van der Waals surface area contributed by atoms with Gasteiger partial charge in [0.1, 0.15) is 0 Å². The van der Waals surface area contributed by atoms with Crippen LogP contribution in [0.4, 0.5) is 5.69 Å². The first-order valence-corrected chi connectivity index (χ1v) is 8.88. The predicted octanol–water partition coefficient (Wildman–Crippen LogP) is 2.54. The quantitative estimate of drug-likeness (QED) is 0.639. The van der Waals surface area contributed by atoms with E-state index >= 15 is 0 Å². The lowest BCUT2D eigenvalue weighted by Gasteiger charge is -2.06. The molecule has 0 atom stereocenters. The second-order valence-corrected chi connectivity index (χ2v) is 6.34. The van der Waals surface area contributed by atoms with Crippen LogP contribution in [0.15, 0.2) is 70.6 Å². The number of thioether (sulfide) groups is 1. The minimum absolute atomic E-state index is 0.138. The van der Waals surface area contributed by atoms with Crippen LogP contribution in [0.5, 0.6) is 0 Å². The summed E-state index contributed by atoms with van der Waals surface area (Å²) in [5.74, 6) is 0.0473. The number of H-pyrrole nitrogens is 1. The first-order valence-electron chi connectivity index (χ1n) is 7.89. The van der Waals surface area contributed by atoms with Gasteiger partial charge in [0.2, 0.25) is 5.91 Å². The largest absolute Gasteiger partial charge is 0.343 e. The maximum atomic E-state index is 12.0. The molecule has 6 nitrogen and oxygen atoms in total. The topological polar surface area (TPSA) is 79.8 Å². The lowest BCUT2D eigenvalue weighted by atomic mass is 10.1. The minimum atomic E-state index is -0.262. The SMILES string of the molecule is O=C(CSc1n[nH]c(=O)n1CCc1ccccc1)Nc1ccccc1. The van der Waals surface area contributed by atoms with Crippen LogP contribution in [0.2, 0.25) is 0 Å². The van der Waals surface area contributed by atoms with Crippen molar-refractivity contribution in [1.82, 2.24) is 14.8 Å². The third-order valence-electron chi connectivity index (χ3n) is 3.58. The van der Waals surface area contributed by atoms with Gasteiger partial charge < -0.3 is 5.32 Å². The van der Waals surface area contributed by atoms with Crippen LogP contribution in [-0.4, -0.2) is 26.4 Å². The number of aromatic nitrogens is 3. The number of hydrogen-bond donors (Lipinski definition) is 2. The van der Waals surface area contributed by atoms with Crippen molar-refractivity contribution in [2.24, 2.45) is 0 Å². The molecule has 0 bridgehead atoms. The Morgan fingerprint density at radius 1 is 1.08 bits per heavy atom. The van der Waals surface area contributed by atoms with Crippen molar-refractivity contribution in [3.63, 3.8) is 0 Å². The highest BCUT2D eigenvalue weighted by Crippen LogP contribution is 2.15. The Labute approximate surface area is 149 Å². The van der Waals surface area contributed by atoms with E-state index in [1.165, 1.54) is 11.8 Å². The van der Waals surface area contributed by atoms with Crippen LogP contribution in [0.3, 0.4) is 0 Å². The summed E-state index contributed by atoms with van der Waals surface area (Å²) in [6.07, 6.45) is 0.726. The number of nitrogens with zero attached hydrogens (tertiary/aromatic N) is 2. The van der Waals surface area contributed by atoms with E-state index in [4.69, 9.17) is 0 Å². The number of carbonyl (C=O) groups is 1. The summed E-state index contributed by atoms with van der Waals surface area (Å²) < 4.78 is 1.56. The monoisotopic (exact) mass is 354 g/mol. The molecule has 0 radical (unpaired) electrons. The summed E-state index contributed by atoms with van der Waals surface area (Å²) in [7, 11) is 0. The molecule has 1 aromatic heterocycles. The average molecular weight is 354 g/mol. The summed E-state index contributed by atoms with van der Waals surface area (Å²) in [4.78, 5) is 24.0. The van der Waals surface area contributed by atoms with Crippen LogP contribution in [0.25, 0.3) is 0 Å². The highest BCUT2D eigenvalue weighted by Gasteiger charge is 2.11. The number of rotatable bonds is 7. The highest BCUT2D eigenvalue weighted by atomic mass is 32.2. The number of nitrogens with one attached hydrogen (secondary N) is 2. The fourth-order valence-corrected chi connectivity index (χ4v) is 3.12. The molecule has 0 aliphatic rings. The van der Waals surface area contributed by atoms with Crippen molar-refractivity contribution in [3.05, 3.63) is 76.7 Å². The minimum Gasteiger partial charge on any atom is -0.325 e. The Balaban J connectivity index is 1.58. The van der Waals surface area contributed by atoms with Crippen molar-refractivity contribution in [1.29, 1.82) is 0 Å². The van der Waals surface area contributed by atoms with E-state index in [9.17, 15) is 9.59 Å². The van der Waals surface area contributed by atoms with Crippen molar-refractivity contribution in [2.75, 3.05) is 11.1 Å². The zero-order valence-electron chi connectivity index (χ0n) is 13.5. The first-order chi connectivity index (χ1) is 12.2. The number of amides is 1. The van der Waals surface area contributed by atoms with Gasteiger partial charge in [-0.15, -0.1) is 5.10 Å². The molecule has 0 saturated carbocycles. The van der Waals surface area contributed by atoms with Crippen LogP contribution in [0.1, 0.15) is 5.56 Å². The molecule has 0 unspecified atom stereocenters. The smallest absolute Gasteiger partial charge is 0.325 e. The molecule has 0 aliphatic heterocycles. The van der Waals surface area contributed by atoms with Gasteiger partial charge in [0.25, 0.3) is 0 Å². The average Bonchev–Trinajstić information content (AvgIpc) is 3.00.